The van der Waals surface area contributed by atoms with Crippen LogP contribution in [0.15, 0.2) is 42.5 Å². The van der Waals surface area contributed by atoms with E-state index in [2.05, 4.69) is 127 Å². The van der Waals surface area contributed by atoms with Crippen molar-refractivity contribution in [2.24, 2.45) is 0 Å². The van der Waals surface area contributed by atoms with Crippen LogP contribution in [-0.4, -0.2) is 9.79 Å². The second-order valence-corrected chi connectivity index (χ2v) is 16.5. The molecule has 0 radical (unpaired) electrons. The molecule has 0 saturated carbocycles. The number of hydrogen-bond acceptors (Lipinski definition) is 2. The molecule has 3 aromatic rings. The normalized spacial score (nSPS) is 13.4. The molecule has 0 aliphatic carbocycles. The molecular weight excluding hydrogens is 495 g/mol. The first-order valence-electron chi connectivity index (χ1n) is 14.2. The van der Waals surface area contributed by atoms with Gasteiger partial charge in [-0.1, -0.05) is 119 Å². The van der Waals surface area contributed by atoms with Gasteiger partial charge in [-0.15, -0.1) is 0 Å². The van der Waals surface area contributed by atoms with Crippen LogP contribution in [0.3, 0.4) is 0 Å². The second-order valence-electron chi connectivity index (χ2n) is 15.4. The van der Waals surface area contributed by atoms with E-state index in [0.29, 0.717) is 5.30 Å². The summed E-state index contributed by atoms with van der Waals surface area (Å²) in [6, 6.07) is 15.4. The maximum atomic E-state index is 10.7. The summed E-state index contributed by atoms with van der Waals surface area (Å²) in [6.07, 6.45) is 0. The van der Waals surface area contributed by atoms with E-state index in [4.69, 9.17) is 0 Å². The minimum Gasteiger partial charge on any atom is -0.347 e. The fourth-order valence-electron chi connectivity index (χ4n) is 5.92. The first-order valence-corrected chi connectivity index (χ1v) is 15.4. The Morgan fingerprint density at radius 2 is 0.872 bits per heavy atom. The molecule has 0 aliphatic rings. The third-order valence-corrected chi connectivity index (χ3v) is 8.58. The first-order chi connectivity index (χ1) is 17.5. The average Bonchev–Trinajstić information content (AvgIpc) is 2.74. The van der Waals surface area contributed by atoms with E-state index in [1.54, 1.807) is 0 Å². The highest BCUT2D eigenvalue weighted by atomic mass is 31.2. The Balaban J connectivity index is 2.58. The van der Waals surface area contributed by atoms with E-state index in [1.165, 1.54) is 38.9 Å². The van der Waals surface area contributed by atoms with Gasteiger partial charge in [0, 0.05) is 10.9 Å². The summed E-state index contributed by atoms with van der Waals surface area (Å²) in [5.74, 6) is 0. The van der Waals surface area contributed by atoms with Gasteiger partial charge in [0.2, 0.25) is 0 Å². The minimum absolute atomic E-state index is 0.00480. The highest BCUT2D eigenvalue weighted by molar-refractivity contribution is 7.54. The van der Waals surface area contributed by atoms with Crippen molar-refractivity contribution in [3.8, 4) is 22.3 Å². The number of benzene rings is 3. The lowest BCUT2D eigenvalue weighted by atomic mass is 9.73. The zero-order valence-corrected chi connectivity index (χ0v) is 27.8. The zero-order chi connectivity index (χ0) is 29.9. The zero-order valence-electron chi connectivity index (χ0n) is 26.9. The summed E-state index contributed by atoms with van der Waals surface area (Å²) in [7, 11) is -2.30. The van der Waals surface area contributed by atoms with Gasteiger partial charge in [0.15, 0.2) is 8.38 Å². The smallest absolute Gasteiger partial charge is 0.200 e. The van der Waals surface area contributed by atoms with Gasteiger partial charge in [0.25, 0.3) is 0 Å². The maximum Gasteiger partial charge on any atom is 0.200 e. The molecule has 2 N–H and O–H groups in total. The number of aryl methyl sites for hydroxylation is 2. The lowest BCUT2D eigenvalue weighted by molar-refractivity contribution is 0.497. The van der Waals surface area contributed by atoms with Crippen LogP contribution in [0.4, 0.5) is 0 Å². The van der Waals surface area contributed by atoms with Gasteiger partial charge in [-0.2, -0.15) is 0 Å². The SMILES string of the molecule is Cc1cc(-c2cccc(P(O)O)c2-c2cc(C)c(C(C)(C)C)cc2C(C)(C)C)c(C(C)(C)C)cc1C(C)(C)C. The molecule has 0 aromatic heterocycles. The summed E-state index contributed by atoms with van der Waals surface area (Å²) in [4.78, 5) is 21.5. The molecule has 3 rings (SSSR count). The van der Waals surface area contributed by atoms with E-state index in [1.807, 2.05) is 12.1 Å². The Morgan fingerprint density at radius 3 is 1.26 bits per heavy atom. The molecule has 0 fully saturated rings. The molecule has 2 nitrogen and oxygen atoms in total. The molecule has 39 heavy (non-hydrogen) atoms. The van der Waals surface area contributed by atoms with E-state index in [0.717, 1.165) is 16.7 Å². The predicted octanol–water partition coefficient (Wildman–Crippen LogP) is 9.75. The van der Waals surface area contributed by atoms with Crippen molar-refractivity contribution in [2.75, 3.05) is 0 Å². The van der Waals surface area contributed by atoms with Crippen molar-refractivity contribution in [3.63, 3.8) is 0 Å². The molecule has 0 atom stereocenters. The summed E-state index contributed by atoms with van der Waals surface area (Å²) in [6.45, 7) is 31.5. The summed E-state index contributed by atoms with van der Waals surface area (Å²) in [5.41, 5.74) is 11.7. The van der Waals surface area contributed by atoms with Crippen LogP contribution in [0.25, 0.3) is 22.3 Å². The predicted molar refractivity (Wildman–Crippen MR) is 173 cm³/mol. The highest BCUT2D eigenvalue weighted by Gasteiger charge is 2.30. The fraction of sp³-hybridized carbons (Fsp3) is 0.500. The third kappa shape index (κ3) is 6.51. The van der Waals surface area contributed by atoms with Crippen LogP contribution >= 0.6 is 8.38 Å². The van der Waals surface area contributed by atoms with Gasteiger partial charge < -0.3 is 9.79 Å². The van der Waals surface area contributed by atoms with Crippen LogP contribution in [0.1, 0.15) is 116 Å². The molecule has 0 amide bonds. The molecule has 3 aromatic carbocycles. The van der Waals surface area contributed by atoms with Crippen LogP contribution in [0.5, 0.6) is 0 Å². The van der Waals surface area contributed by atoms with E-state index in [-0.39, 0.29) is 21.7 Å². The Labute approximate surface area is 239 Å². The van der Waals surface area contributed by atoms with Gasteiger partial charge in [-0.05, 0) is 91.6 Å². The lowest BCUT2D eigenvalue weighted by Gasteiger charge is -2.32. The van der Waals surface area contributed by atoms with E-state index in [9.17, 15) is 9.79 Å². The van der Waals surface area contributed by atoms with Crippen molar-refractivity contribution in [3.05, 3.63) is 75.8 Å². The average molecular weight is 547 g/mol. The summed E-state index contributed by atoms with van der Waals surface area (Å²) in [5, 5.41) is 0.605. The van der Waals surface area contributed by atoms with Crippen molar-refractivity contribution in [1.82, 2.24) is 0 Å². The van der Waals surface area contributed by atoms with Gasteiger partial charge >= 0.3 is 0 Å². The topological polar surface area (TPSA) is 40.5 Å². The standard InChI is InChI=1S/C36H51O2P/c1-22-18-25(29(35(9,10)11)20-27(22)33(3,4)5)24-16-15-17-31(39(37)38)32(24)26-19-23(2)28(34(6,7)8)21-30(26)36(12,13)14/h15-21,37-38H,1-14H3. The molecular formula is C36H51O2P. The largest absolute Gasteiger partial charge is 0.347 e. The molecule has 0 aliphatic heterocycles. The summed E-state index contributed by atoms with van der Waals surface area (Å²) < 4.78 is 0. The first kappa shape index (κ1) is 31.5. The van der Waals surface area contributed by atoms with E-state index >= 15 is 0 Å². The molecule has 0 bridgehead atoms. The lowest BCUT2D eigenvalue weighted by Crippen LogP contribution is -2.21. The second kappa shape index (κ2) is 10.4. The van der Waals surface area contributed by atoms with Gasteiger partial charge in [-0.25, -0.2) is 0 Å². The number of rotatable bonds is 3. The fourth-order valence-corrected chi connectivity index (χ4v) is 6.58. The van der Waals surface area contributed by atoms with Crippen LogP contribution < -0.4 is 5.30 Å². The quantitative estimate of drug-likeness (QED) is 0.321. The molecule has 0 saturated heterocycles. The minimum atomic E-state index is -2.30. The van der Waals surface area contributed by atoms with Crippen molar-refractivity contribution in [1.29, 1.82) is 0 Å². The van der Waals surface area contributed by atoms with E-state index < -0.39 is 8.38 Å². The van der Waals surface area contributed by atoms with Crippen LogP contribution in [0, 0.1) is 13.8 Å². The molecule has 212 valence electrons. The molecule has 0 unspecified atom stereocenters. The van der Waals surface area contributed by atoms with Crippen molar-refractivity contribution < 1.29 is 9.79 Å². The van der Waals surface area contributed by atoms with Gasteiger partial charge in [0.05, 0.1) is 0 Å². The maximum absolute atomic E-state index is 10.7. The Morgan fingerprint density at radius 1 is 0.487 bits per heavy atom. The Bertz CT molecular complexity index is 1370. The van der Waals surface area contributed by atoms with Crippen molar-refractivity contribution in [2.45, 2.75) is 119 Å². The summed E-state index contributed by atoms with van der Waals surface area (Å²) >= 11 is 0. The third-order valence-electron chi connectivity index (χ3n) is 7.78. The van der Waals surface area contributed by atoms with Crippen LogP contribution in [-0.2, 0) is 21.7 Å². The highest BCUT2D eigenvalue weighted by Crippen LogP contribution is 2.46. The van der Waals surface area contributed by atoms with Gasteiger partial charge in [-0.3, -0.25) is 0 Å². The molecule has 0 heterocycles. The number of hydrogen-bond donors (Lipinski definition) is 2. The van der Waals surface area contributed by atoms with Crippen molar-refractivity contribution >= 4 is 13.7 Å². The Kier molecular flexibility index (Phi) is 8.44. The molecule has 3 heteroatoms. The van der Waals surface area contributed by atoms with Crippen LogP contribution in [0.2, 0.25) is 0 Å². The Hall–Kier alpha value is -1.99. The molecule has 0 spiro atoms. The monoisotopic (exact) mass is 546 g/mol. The van der Waals surface area contributed by atoms with Gasteiger partial charge in [0.1, 0.15) is 0 Å².